The number of carbonyl (C=O) groups is 1. The number of hydrogen-bond donors (Lipinski definition) is 1. The van der Waals surface area contributed by atoms with Gasteiger partial charge in [0.05, 0.1) is 17.6 Å². The molecule has 1 amide bonds. The fourth-order valence-corrected chi connectivity index (χ4v) is 1.77. The summed E-state index contributed by atoms with van der Waals surface area (Å²) < 4.78 is 0. The summed E-state index contributed by atoms with van der Waals surface area (Å²) in [5.74, 6) is -0.114. The molecule has 1 atom stereocenters. The van der Waals surface area contributed by atoms with Crippen molar-refractivity contribution in [2.75, 3.05) is 32.1 Å². The second kappa shape index (κ2) is 7.70. The number of nitro groups is 1. The van der Waals surface area contributed by atoms with E-state index in [-0.39, 0.29) is 18.1 Å². The Bertz CT molecular complexity index is 487. The molecule has 0 fully saturated rings. The normalized spacial score (nSPS) is 12.2. The smallest absolute Gasteiger partial charge is 0.269 e. The molecule has 1 unspecified atom stereocenters. The van der Waals surface area contributed by atoms with Gasteiger partial charge in [0.15, 0.2) is 0 Å². The third kappa shape index (κ3) is 5.49. The van der Waals surface area contributed by atoms with E-state index in [1.807, 2.05) is 11.9 Å². The summed E-state index contributed by atoms with van der Waals surface area (Å²) in [6, 6.07) is 5.84. The van der Waals surface area contributed by atoms with Crippen molar-refractivity contribution in [3.63, 3.8) is 0 Å². The van der Waals surface area contributed by atoms with Gasteiger partial charge in [-0.05, 0) is 32.5 Å². The number of carbonyl (C=O) groups excluding carboxylic acids is 1. The molecular weight excluding hydrogens is 274 g/mol. The van der Waals surface area contributed by atoms with Gasteiger partial charge in [-0.15, -0.1) is 0 Å². The van der Waals surface area contributed by atoms with Crippen LogP contribution in [0.4, 0.5) is 11.4 Å². The Morgan fingerprint density at radius 2 is 1.90 bits per heavy atom. The number of nitro benzene ring substituents is 1. The Morgan fingerprint density at radius 3 is 2.38 bits per heavy atom. The van der Waals surface area contributed by atoms with E-state index in [2.05, 4.69) is 0 Å². The molecule has 0 bridgehead atoms. The van der Waals surface area contributed by atoms with Crippen LogP contribution in [0, 0.1) is 10.1 Å². The van der Waals surface area contributed by atoms with Gasteiger partial charge in [0, 0.05) is 31.4 Å². The van der Waals surface area contributed by atoms with Crippen molar-refractivity contribution in [2.24, 2.45) is 0 Å². The highest BCUT2D eigenvalue weighted by Gasteiger charge is 2.15. The molecule has 21 heavy (non-hydrogen) atoms. The highest BCUT2D eigenvalue weighted by atomic mass is 16.6. The minimum absolute atomic E-state index is 0.00588. The van der Waals surface area contributed by atoms with Gasteiger partial charge in [-0.25, -0.2) is 0 Å². The van der Waals surface area contributed by atoms with Crippen molar-refractivity contribution < 1.29 is 14.8 Å². The lowest BCUT2D eigenvalue weighted by atomic mass is 10.2. The number of amides is 1. The lowest BCUT2D eigenvalue weighted by Crippen LogP contribution is -2.37. The molecule has 7 nitrogen and oxygen atoms in total. The molecule has 1 aromatic carbocycles. The topological polar surface area (TPSA) is 86.9 Å². The first-order valence-electron chi connectivity index (χ1n) is 6.69. The highest BCUT2D eigenvalue weighted by Crippen LogP contribution is 2.18. The van der Waals surface area contributed by atoms with Crippen LogP contribution in [-0.2, 0) is 4.79 Å². The third-order valence-corrected chi connectivity index (χ3v) is 3.16. The van der Waals surface area contributed by atoms with Gasteiger partial charge >= 0.3 is 0 Å². The molecule has 0 radical (unpaired) electrons. The van der Waals surface area contributed by atoms with E-state index in [1.54, 1.807) is 26.1 Å². The van der Waals surface area contributed by atoms with Crippen LogP contribution in [0.1, 0.15) is 13.3 Å². The van der Waals surface area contributed by atoms with Crippen LogP contribution >= 0.6 is 0 Å². The van der Waals surface area contributed by atoms with Crippen LogP contribution in [0.3, 0.4) is 0 Å². The standard InChI is InChI=1S/C14H21N3O4/c1-11(18)8-9-15(2)10-14(19)16(3)12-4-6-13(7-5-12)17(20)21/h4-7,11,18H,8-10H2,1-3H3. The first-order valence-corrected chi connectivity index (χ1v) is 6.69. The molecule has 0 aliphatic rings. The maximum Gasteiger partial charge on any atom is 0.269 e. The minimum Gasteiger partial charge on any atom is -0.393 e. The Kier molecular flexibility index (Phi) is 6.26. The van der Waals surface area contributed by atoms with E-state index in [9.17, 15) is 20.0 Å². The van der Waals surface area contributed by atoms with Crippen molar-refractivity contribution in [1.29, 1.82) is 0 Å². The molecule has 116 valence electrons. The zero-order chi connectivity index (χ0) is 16.0. The number of aliphatic hydroxyl groups excluding tert-OH is 1. The van der Waals surface area contributed by atoms with Crippen molar-refractivity contribution >= 4 is 17.3 Å². The molecule has 1 rings (SSSR count). The zero-order valence-electron chi connectivity index (χ0n) is 12.5. The Hall–Kier alpha value is -1.99. The number of nitrogens with zero attached hydrogens (tertiary/aromatic N) is 3. The molecule has 1 N–H and O–H groups in total. The molecule has 0 aromatic heterocycles. The van der Waals surface area contributed by atoms with Crippen LogP contribution < -0.4 is 4.90 Å². The summed E-state index contributed by atoms with van der Waals surface area (Å²) in [7, 11) is 3.44. The predicted molar refractivity (Wildman–Crippen MR) is 80.3 cm³/mol. The first kappa shape index (κ1) is 17.1. The van der Waals surface area contributed by atoms with Crippen LogP contribution in [-0.4, -0.2) is 54.1 Å². The van der Waals surface area contributed by atoms with Crippen molar-refractivity contribution in [1.82, 2.24) is 4.90 Å². The summed E-state index contributed by atoms with van der Waals surface area (Å²) in [6.45, 7) is 2.55. The number of benzene rings is 1. The van der Waals surface area contributed by atoms with Crippen LogP contribution in [0.25, 0.3) is 0 Å². The van der Waals surface area contributed by atoms with E-state index in [4.69, 9.17) is 0 Å². The number of aliphatic hydroxyl groups is 1. The number of anilines is 1. The Morgan fingerprint density at radius 1 is 1.33 bits per heavy atom. The SMILES string of the molecule is CC(O)CCN(C)CC(=O)N(C)c1ccc([N+](=O)[O-])cc1. The molecule has 0 saturated heterocycles. The van der Waals surface area contributed by atoms with Crippen LogP contribution in [0.2, 0.25) is 0 Å². The summed E-state index contributed by atoms with van der Waals surface area (Å²) >= 11 is 0. The van der Waals surface area contributed by atoms with E-state index < -0.39 is 11.0 Å². The van der Waals surface area contributed by atoms with Crippen LogP contribution in [0.5, 0.6) is 0 Å². The molecule has 0 aliphatic heterocycles. The van der Waals surface area contributed by atoms with Gasteiger partial charge in [-0.1, -0.05) is 0 Å². The van der Waals surface area contributed by atoms with Crippen LogP contribution in [0.15, 0.2) is 24.3 Å². The second-order valence-corrected chi connectivity index (χ2v) is 5.10. The molecule has 7 heteroatoms. The lowest BCUT2D eigenvalue weighted by Gasteiger charge is -2.22. The lowest BCUT2D eigenvalue weighted by molar-refractivity contribution is -0.384. The van der Waals surface area contributed by atoms with Gasteiger partial charge in [-0.2, -0.15) is 0 Å². The summed E-state index contributed by atoms with van der Waals surface area (Å²) in [5.41, 5.74) is 0.600. The average Bonchev–Trinajstić information content (AvgIpc) is 2.44. The third-order valence-electron chi connectivity index (χ3n) is 3.16. The number of non-ortho nitro benzene ring substituents is 1. The fourth-order valence-electron chi connectivity index (χ4n) is 1.77. The summed E-state index contributed by atoms with van der Waals surface area (Å²) in [4.78, 5) is 25.5. The fraction of sp³-hybridized carbons (Fsp3) is 0.500. The molecule has 0 spiro atoms. The summed E-state index contributed by atoms with van der Waals surface area (Å²) in [5, 5.41) is 19.8. The van der Waals surface area contributed by atoms with Crippen molar-refractivity contribution in [2.45, 2.75) is 19.4 Å². The maximum absolute atomic E-state index is 12.1. The highest BCUT2D eigenvalue weighted by molar-refractivity contribution is 5.94. The van der Waals surface area contributed by atoms with Gasteiger partial charge < -0.3 is 10.0 Å². The molecule has 0 heterocycles. The van der Waals surface area contributed by atoms with Crippen molar-refractivity contribution in [3.05, 3.63) is 34.4 Å². The number of hydrogen-bond acceptors (Lipinski definition) is 5. The quantitative estimate of drug-likeness (QED) is 0.604. The molecular formula is C14H21N3O4. The maximum atomic E-state index is 12.1. The van der Waals surface area contributed by atoms with Crippen molar-refractivity contribution in [3.8, 4) is 0 Å². The van der Waals surface area contributed by atoms with Gasteiger partial charge in [0.2, 0.25) is 5.91 Å². The Labute approximate surface area is 123 Å². The molecule has 0 saturated carbocycles. The largest absolute Gasteiger partial charge is 0.393 e. The summed E-state index contributed by atoms with van der Waals surface area (Å²) in [6.07, 6.45) is 0.209. The minimum atomic E-state index is -0.477. The average molecular weight is 295 g/mol. The van der Waals surface area contributed by atoms with E-state index in [0.717, 1.165) is 0 Å². The van der Waals surface area contributed by atoms with Gasteiger partial charge in [-0.3, -0.25) is 19.8 Å². The Balaban J connectivity index is 2.59. The molecule has 1 aromatic rings. The zero-order valence-corrected chi connectivity index (χ0v) is 12.5. The first-order chi connectivity index (χ1) is 9.81. The number of rotatable bonds is 7. The number of likely N-dealkylation sites (N-methyl/N-ethyl adjacent to an activating group) is 2. The van der Waals surface area contributed by atoms with E-state index in [0.29, 0.717) is 18.7 Å². The second-order valence-electron chi connectivity index (χ2n) is 5.10. The van der Waals surface area contributed by atoms with Gasteiger partial charge in [0.1, 0.15) is 0 Å². The van der Waals surface area contributed by atoms with Gasteiger partial charge in [0.25, 0.3) is 5.69 Å². The predicted octanol–water partition coefficient (Wildman–Crippen LogP) is 1.26. The van der Waals surface area contributed by atoms with E-state index in [1.165, 1.54) is 17.0 Å². The monoisotopic (exact) mass is 295 g/mol. The van der Waals surface area contributed by atoms with E-state index >= 15 is 0 Å². The molecule has 0 aliphatic carbocycles.